The molecule has 1 saturated carbocycles. The molecule has 0 aromatic carbocycles. The Hall–Kier alpha value is -0.0800. The van der Waals surface area contributed by atoms with Crippen molar-refractivity contribution >= 4 is 0 Å². The fraction of sp³-hybridized carbons (Fsp3) is 1.00. The summed E-state index contributed by atoms with van der Waals surface area (Å²) in [7, 11) is 0. The molecule has 1 saturated heterocycles. The summed E-state index contributed by atoms with van der Waals surface area (Å²) in [5.41, 5.74) is 0. The lowest BCUT2D eigenvalue weighted by atomic mass is 9.75. The van der Waals surface area contributed by atoms with Crippen LogP contribution in [-0.4, -0.2) is 37.1 Å². The molecule has 2 fully saturated rings. The van der Waals surface area contributed by atoms with Crippen molar-refractivity contribution < 1.29 is 0 Å². The number of piperidine rings is 1. The van der Waals surface area contributed by atoms with Gasteiger partial charge in [-0.2, -0.15) is 0 Å². The highest BCUT2D eigenvalue weighted by Gasteiger charge is 2.31. The van der Waals surface area contributed by atoms with Crippen molar-refractivity contribution in [1.29, 1.82) is 0 Å². The van der Waals surface area contributed by atoms with Gasteiger partial charge in [-0.3, -0.25) is 0 Å². The van der Waals surface area contributed by atoms with Crippen molar-refractivity contribution in [2.75, 3.05) is 26.2 Å². The number of nitrogens with zero attached hydrogens (tertiary/aromatic N) is 1. The molecule has 0 spiro atoms. The average Bonchev–Trinajstić information content (AvgIpc) is 2.43. The van der Waals surface area contributed by atoms with Crippen molar-refractivity contribution in [1.82, 2.24) is 10.2 Å². The molecule has 18 heavy (non-hydrogen) atoms. The highest BCUT2D eigenvalue weighted by atomic mass is 15.2. The first-order chi connectivity index (χ1) is 8.83. The Morgan fingerprint density at radius 1 is 1.11 bits per heavy atom. The van der Waals surface area contributed by atoms with E-state index in [1.807, 2.05) is 0 Å². The van der Waals surface area contributed by atoms with Crippen LogP contribution in [0.2, 0.25) is 0 Å². The molecule has 1 aliphatic heterocycles. The molecule has 1 N–H and O–H groups in total. The predicted molar refractivity (Wildman–Crippen MR) is 78.9 cm³/mol. The van der Waals surface area contributed by atoms with Gasteiger partial charge >= 0.3 is 0 Å². The van der Waals surface area contributed by atoms with Gasteiger partial charge in [0.25, 0.3) is 0 Å². The molecular formula is C16H32N2. The number of fused-ring (bicyclic) bond motifs is 1. The van der Waals surface area contributed by atoms with Gasteiger partial charge < -0.3 is 10.2 Å². The summed E-state index contributed by atoms with van der Waals surface area (Å²) in [5, 5.41) is 3.70. The number of rotatable bonds is 6. The van der Waals surface area contributed by atoms with Gasteiger partial charge in [0.2, 0.25) is 0 Å². The first-order valence-corrected chi connectivity index (χ1v) is 8.29. The molecule has 2 nitrogen and oxygen atoms in total. The zero-order valence-electron chi connectivity index (χ0n) is 12.5. The van der Waals surface area contributed by atoms with E-state index in [-0.39, 0.29) is 0 Å². The Morgan fingerprint density at radius 3 is 2.61 bits per heavy atom. The summed E-state index contributed by atoms with van der Waals surface area (Å²) < 4.78 is 0. The van der Waals surface area contributed by atoms with Crippen molar-refractivity contribution in [2.45, 2.75) is 64.8 Å². The Morgan fingerprint density at radius 2 is 1.89 bits per heavy atom. The highest BCUT2D eigenvalue weighted by molar-refractivity contribution is 4.85. The Balaban J connectivity index is 1.75. The summed E-state index contributed by atoms with van der Waals surface area (Å²) in [6.45, 7) is 9.77. The third-order valence-electron chi connectivity index (χ3n) is 5.03. The molecule has 106 valence electrons. The summed E-state index contributed by atoms with van der Waals surface area (Å²) in [6, 6.07) is 0.713. The van der Waals surface area contributed by atoms with E-state index in [0.717, 1.165) is 11.8 Å². The smallest absolute Gasteiger partial charge is 0.0192 e. The normalized spacial score (nSPS) is 31.0. The second kappa shape index (κ2) is 7.49. The fourth-order valence-corrected chi connectivity index (χ4v) is 3.84. The second-order valence-corrected chi connectivity index (χ2v) is 6.41. The van der Waals surface area contributed by atoms with E-state index >= 15 is 0 Å². The molecule has 1 heterocycles. The van der Waals surface area contributed by atoms with Crippen LogP contribution in [0.3, 0.4) is 0 Å². The molecule has 1 aliphatic carbocycles. The van der Waals surface area contributed by atoms with Gasteiger partial charge in [0.05, 0.1) is 0 Å². The SMILES string of the molecule is CCCNC(CC)CN1CCC2CCCCC2C1. The maximum absolute atomic E-state index is 3.70. The Labute approximate surface area is 114 Å². The second-order valence-electron chi connectivity index (χ2n) is 6.41. The Kier molecular flexibility index (Phi) is 5.97. The van der Waals surface area contributed by atoms with Crippen LogP contribution in [0.5, 0.6) is 0 Å². The molecule has 0 aromatic heterocycles. The minimum atomic E-state index is 0.713. The lowest BCUT2D eigenvalue weighted by Gasteiger charge is -2.42. The minimum absolute atomic E-state index is 0.713. The van der Waals surface area contributed by atoms with Crippen molar-refractivity contribution in [3.05, 3.63) is 0 Å². The lowest BCUT2D eigenvalue weighted by Crippen LogP contribution is -2.47. The number of likely N-dealkylation sites (tertiary alicyclic amines) is 1. The van der Waals surface area contributed by atoms with Gasteiger partial charge in [-0.15, -0.1) is 0 Å². The van der Waals surface area contributed by atoms with Crippen molar-refractivity contribution in [3.63, 3.8) is 0 Å². The van der Waals surface area contributed by atoms with Crippen LogP contribution in [0.4, 0.5) is 0 Å². The summed E-state index contributed by atoms with van der Waals surface area (Å²) >= 11 is 0. The number of hydrogen-bond acceptors (Lipinski definition) is 2. The van der Waals surface area contributed by atoms with E-state index in [1.165, 1.54) is 71.1 Å². The van der Waals surface area contributed by atoms with Crippen LogP contribution in [0.15, 0.2) is 0 Å². The first kappa shape index (κ1) is 14.3. The van der Waals surface area contributed by atoms with E-state index in [1.54, 1.807) is 0 Å². The first-order valence-electron chi connectivity index (χ1n) is 8.29. The standard InChI is InChI=1S/C16H32N2/c1-3-10-17-16(4-2)13-18-11-9-14-7-5-6-8-15(14)12-18/h14-17H,3-13H2,1-2H3. The van der Waals surface area contributed by atoms with E-state index in [2.05, 4.69) is 24.1 Å². The quantitative estimate of drug-likeness (QED) is 0.780. The van der Waals surface area contributed by atoms with Crippen LogP contribution in [-0.2, 0) is 0 Å². The largest absolute Gasteiger partial charge is 0.313 e. The third-order valence-corrected chi connectivity index (χ3v) is 5.03. The van der Waals surface area contributed by atoms with E-state index < -0.39 is 0 Å². The van der Waals surface area contributed by atoms with Gasteiger partial charge in [0, 0.05) is 19.1 Å². The van der Waals surface area contributed by atoms with E-state index in [4.69, 9.17) is 0 Å². The summed E-state index contributed by atoms with van der Waals surface area (Å²) in [5.74, 6) is 2.09. The maximum Gasteiger partial charge on any atom is 0.0192 e. The zero-order chi connectivity index (χ0) is 12.8. The molecule has 3 atom stereocenters. The molecule has 3 unspecified atom stereocenters. The summed E-state index contributed by atoms with van der Waals surface area (Å²) in [6.07, 6.45) is 9.99. The topological polar surface area (TPSA) is 15.3 Å². The molecule has 0 bridgehead atoms. The molecule has 0 radical (unpaired) electrons. The Bertz CT molecular complexity index is 229. The number of hydrogen-bond donors (Lipinski definition) is 1. The van der Waals surface area contributed by atoms with Gasteiger partial charge in [0.1, 0.15) is 0 Å². The average molecular weight is 252 g/mol. The molecule has 0 amide bonds. The molecule has 2 aliphatic rings. The molecular weight excluding hydrogens is 220 g/mol. The van der Waals surface area contributed by atoms with Crippen LogP contribution in [0, 0.1) is 11.8 Å². The predicted octanol–water partition coefficient (Wildman–Crippen LogP) is 3.28. The van der Waals surface area contributed by atoms with Crippen LogP contribution in [0.25, 0.3) is 0 Å². The van der Waals surface area contributed by atoms with Crippen LogP contribution >= 0.6 is 0 Å². The lowest BCUT2D eigenvalue weighted by molar-refractivity contribution is 0.0794. The van der Waals surface area contributed by atoms with E-state index in [0.29, 0.717) is 6.04 Å². The van der Waals surface area contributed by atoms with Gasteiger partial charge in [-0.25, -0.2) is 0 Å². The van der Waals surface area contributed by atoms with Gasteiger partial charge in [-0.05, 0) is 50.6 Å². The molecule has 0 aromatic rings. The van der Waals surface area contributed by atoms with Crippen molar-refractivity contribution in [3.8, 4) is 0 Å². The van der Waals surface area contributed by atoms with Crippen molar-refractivity contribution in [2.24, 2.45) is 11.8 Å². The van der Waals surface area contributed by atoms with Crippen LogP contribution in [0.1, 0.15) is 58.8 Å². The van der Waals surface area contributed by atoms with E-state index in [9.17, 15) is 0 Å². The minimum Gasteiger partial charge on any atom is -0.313 e. The van der Waals surface area contributed by atoms with Gasteiger partial charge in [-0.1, -0.05) is 33.1 Å². The third kappa shape index (κ3) is 3.96. The maximum atomic E-state index is 3.70. The number of nitrogens with one attached hydrogen (secondary N) is 1. The highest BCUT2D eigenvalue weighted by Crippen LogP contribution is 2.35. The zero-order valence-corrected chi connectivity index (χ0v) is 12.5. The fourth-order valence-electron chi connectivity index (χ4n) is 3.84. The molecule has 2 heteroatoms. The van der Waals surface area contributed by atoms with Gasteiger partial charge in [0.15, 0.2) is 0 Å². The summed E-state index contributed by atoms with van der Waals surface area (Å²) in [4.78, 5) is 2.74. The molecule has 2 rings (SSSR count). The monoisotopic (exact) mass is 252 g/mol. The van der Waals surface area contributed by atoms with Crippen LogP contribution < -0.4 is 5.32 Å².